The van der Waals surface area contributed by atoms with Crippen LogP contribution in [0.5, 0.6) is 0 Å². The quantitative estimate of drug-likeness (QED) is 0.667. The Morgan fingerprint density at radius 2 is 2.18 bits per heavy atom. The molecule has 1 fully saturated rings. The second-order valence-electron chi connectivity index (χ2n) is 7.27. The number of carbonyl (C=O) groups is 1. The molecule has 0 aliphatic carbocycles. The van der Waals surface area contributed by atoms with Crippen LogP contribution in [0.25, 0.3) is 0 Å². The lowest BCUT2D eigenvalue weighted by atomic mass is 9.72. The zero-order valence-corrected chi connectivity index (χ0v) is 17.3. The van der Waals surface area contributed by atoms with Gasteiger partial charge >= 0.3 is 5.97 Å². The van der Waals surface area contributed by atoms with E-state index in [0.717, 1.165) is 0 Å². The molecule has 1 saturated heterocycles. The first-order valence-electron chi connectivity index (χ1n) is 9.06. The van der Waals surface area contributed by atoms with Crippen molar-refractivity contribution >= 4 is 29.2 Å². The number of esters is 1. The summed E-state index contributed by atoms with van der Waals surface area (Å²) in [6, 6.07) is 5.05. The number of carbonyl (C=O) groups excluding carboxylic acids is 1. The van der Waals surface area contributed by atoms with E-state index >= 15 is 0 Å². The molecule has 0 radical (unpaired) electrons. The average molecular weight is 426 g/mol. The van der Waals surface area contributed by atoms with Crippen molar-refractivity contribution in [3.63, 3.8) is 0 Å². The third-order valence-electron chi connectivity index (χ3n) is 5.39. The molecule has 2 heterocycles. The number of nitrogens with zero attached hydrogens (tertiary/aromatic N) is 3. The molecule has 5 nitrogen and oxygen atoms in total. The topological polar surface area (TPSA) is 55.3 Å². The summed E-state index contributed by atoms with van der Waals surface area (Å²) in [5.41, 5.74) is 0.488. The van der Waals surface area contributed by atoms with Gasteiger partial charge in [-0.05, 0) is 32.4 Å². The molecule has 1 aliphatic rings. The first-order valence-corrected chi connectivity index (χ1v) is 9.82. The number of methoxy groups -OCH3 is 1. The Labute approximate surface area is 173 Å². The summed E-state index contributed by atoms with van der Waals surface area (Å²) < 4.78 is 19.4. The largest absolute Gasteiger partial charge is 0.469 e. The highest BCUT2D eigenvalue weighted by Crippen LogP contribution is 2.39. The van der Waals surface area contributed by atoms with Gasteiger partial charge in [-0.1, -0.05) is 35.3 Å². The third kappa shape index (κ3) is 4.45. The van der Waals surface area contributed by atoms with Crippen LogP contribution in [0.4, 0.5) is 4.39 Å². The van der Waals surface area contributed by atoms with Crippen LogP contribution in [-0.2, 0) is 22.5 Å². The summed E-state index contributed by atoms with van der Waals surface area (Å²) in [4.78, 5) is 23.2. The molecule has 1 aromatic heterocycles. The Bertz CT molecular complexity index is 867. The fourth-order valence-electron chi connectivity index (χ4n) is 3.95. The summed E-state index contributed by atoms with van der Waals surface area (Å²) >= 11 is 11.8. The molecular formula is C20H22Cl2FN3O2. The molecule has 0 amide bonds. The van der Waals surface area contributed by atoms with E-state index in [0.29, 0.717) is 48.8 Å². The van der Waals surface area contributed by atoms with Crippen LogP contribution in [0.2, 0.25) is 10.2 Å². The van der Waals surface area contributed by atoms with Gasteiger partial charge in [0.1, 0.15) is 11.0 Å². The van der Waals surface area contributed by atoms with Gasteiger partial charge < -0.3 is 4.74 Å². The minimum absolute atomic E-state index is 0.0402. The van der Waals surface area contributed by atoms with Crippen molar-refractivity contribution in [2.75, 3.05) is 13.7 Å². The van der Waals surface area contributed by atoms with E-state index in [-0.39, 0.29) is 17.0 Å². The highest BCUT2D eigenvalue weighted by atomic mass is 35.5. The second kappa shape index (κ2) is 8.72. The first-order chi connectivity index (χ1) is 13.3. The minimum atomic E-state index is -0.711. The van der Waals surface area contributed by atoms with Crippen molar-refractivity contribution < 1.29 is 13.9 Å². The molecule has 1 unspecified atom stereocenters. The molecule has 3 rings (SSSR count). The molecule has 0 bridgehead atoms. The summed E-state index contributed by atoms with van der Waals surface area (Å²) in [6.45, 7) is 3.08. The third-order valence-corrected chi connectivity index (χ3v) is 5.86. The minimum Gasteiger partial charge on any atom is -0.469 e. The number of likely N-dealkylation sites (tertiary alicyclic amines) is 1. The van der Waals surface area contributed by atoms with Crippen molar-refractivity contribution in [3.8, 4) is 0 Å². The summed E-state index contributed by atoms with van der Waals surface area (Å²) in [5, 5.41) is 0.407. The molecule has 2 aromatic rings. The zero-order chi connectivity index (χ0) is 20.3. The lowest BCUT2D eigenvalue weighted by Gasteiger charge is -2.43. The van der Waals surface area contributed by atoms with Crippen molar-refractivity contribution in [1.29, 1.82) is 0 Å². The van der Waals surface area contributed by atoms with Crippen molar-refractivity contribution in [1.82, 2.24) is 14.9 Å². The van der Waals surface area contributed by atoms with E-state index in [9.17, 15) is 9.18 Å². The molecule has 2 atom stereocenters. The fourth-order valence-corrected chi connectivity index (χ4v) is 4.30. The number of hydrogen-bond acceptors (Lipinski definition) is 5. The molecule has 8 heteroatoms. The van der Waals surface area contributed by atoms with Crippen molar-refractivity contribution in [2.45, 2.75) is 38.8 Å². The Morgan fingerprint density at radius 3 is 2.86 bits per heavy atom. The fraction of sp³-hybridized carbons (Fsp3) is 0.450. The molecule has 0 spiro atoms. The standard InChI is InChI=1S/C20H22Cl2FN3O2/c1-13-8-20(19(27)28-2,9-15-10-24-11-17(22)25-15)6-7-26(13)12-14-4-3-5-16(21)18(14)23/h3-5,10-11,13H,6-9,12H2,1-2H3/t13-,20?/m1/s1. The van der Waals surface area contributed by atoms with Crippen LogP contribution < -0.4 is 0 Å². The number of halogens is 3. The smallest absolute Gasteiger partial charge is 0.312 e. The SMILES string of the molecule is COC(=O)C1(Cc2cncc(Cl)n2)CCN(Cc2cccc(Cl)c2F)[C@H](C)C1. The predicted molar refractivity (Wildman–Crippen MR) is 106 cm³/mol. The molecule has 0 N–H and O–H groups in total. The number of hydrogen-bond donors (Lipinski definition) is 0. The predicted octanol–water partition coefficient (Wildman–Crippen LogP) is 4.31. The molecule has 1 aliphatic heterocycles. The van der Waals surface area contributed by atoms with Gasteiger partial charge in [-0.25, -0.2) is 9.37 Å². The normalized spacial score (nSPS) is 22.8. The van der Waals surface area contributed by atoms with Crippen LogP contribution in [0, 0.1) is 11.2 Å². The van der Waals surface area contributed by atoms with Gasteiger partial charge in [-0.2, -0.15) is 0 Å². The van der Waals surface area contributed by atoms with Gasteiger partial charge in [-0.3, -0.25) is 14.7 Å². The highest BCUT2D eigenvalue weighted by molar-refractivity contribution is 6.30. The first kappa shape index (κ1) is 21.0. The number of rotatable bonds is 5. The van der Waals surface area contributed by atoms with Crippen LogP contribution >= 0.6 is 23.2 Å². The zero-order valence-electron chi connectivity index (χ0n) is 15.8. The lowest BCUT2D eigenvalue weighted by molar-refractivity contribution is -0.157. The van der Waals surface area contributed by atoms with Crippen molar-refractivity contribution in [3.05, 3.63) is 57.8 Å². The maximum absolute atomic E-state index is 14.3. The van der Waals surface area contributed by atoms with E-state index in [4.69, 9.17) is 27.9 Å². The summed E-state index contributed by atoms with van der Waals surface area (Å²) in [6.07, 6.45) is 4.61. The Balaban J connectivity index is 1.79. The van der Waals surface area contributed by atoms with Crippen LogP contribution in [-0.4, -0.2) is 40.5 Å². The monoisotopic (exact) mass is 425 g/mol. The number of benzene rings is 1. The lowest BCUT2D eigenvalue weighted by Crippen LogP contribution is -2.50. The van der Waals surface area contributed by atoms with E-state index in [1.807, 2.05) is 6.92 Å². The van der Waals surface area contributed by atoms with Crippen LogP contribution in [0.15, 0.2) is 30.6 Å². The van der Waals surface area contributed by atoms with E-state index in [2.05, 4.69) is 14.9 Å². The maximum atomic E-state index is 14.3. The molecular weight excluding hydrogens is 404 g/mol. The Hall–Kier alpha value is -1.76. The van der Waals surface area contributed by atoms with Gasteiger partial charge in [0.25, 0.3) is 0 Å². The van der Waals surface area contributed by atoms with E-state index < -0.39 is 11.2 Å². The maximum Gasteiger partial charge on any atom is 0.312 e. The van der Waals surface area contributed by atoms with Gasteiger partial charge in [0.05, 0.1) is 29.4 Å². The molecule has 150 valence electrons. The van der Waals surface area contributed by atoms with Gasteiger partial charge in [0.2, 0.25) is 0 Å². The summed E-state index contributed by atoms with van der Waals surface area (Å²) in [7, 11) is 1.39. The number of piperidine rings is 1. The van der Waals surface area contributed by atoms with E-state index in [1.54, 1.807) is 18.3 Å². The Morgan fingerprint density at radius 1 is 1.39 bits per heavy atom. The molecule has 28 heavy (non-hydrogen) atoms. The van der Waals surface area contributed by atoms with Crippen LogP contribution in [0.3, 0.4) is 0 Å². The van der Waals surface area contributed by atoms with Crippen LogP contribution in [0.1, 0.15) is 31.0 Å². The molecule has 0 saturated carbocycles. The second-order valence-corrected chi connectivity index (χ2v) is 8.06. The number of ether oxygens (including phenoxy) is 1. The van der Waals surface area contributed by atoms with Gasteiger partial charge in [-0.15, -0.1) is 0 Å². The average Bonchev–Trinajstić information content (AvgIpc) is 2.66. The number of aromatic nitrogens is 2. The molecule has 1 aromatic carbocycles. The van der Waals surface area contributed by atoms with Crippen molar-refractivity contribution in [2.24, 2.45) is 5.41 Å². The Kier molecular flexibility index (Phi) is 6.53. The highest BCUT2D eigenvalue weighted by Gasteiger charge is 2.45. The summed E-state index contributed by atoms with van der Waals surface area (Å²) in [5.74, 6) is -0.662. The van der Waals surface area contributed by atoms with E-state index in [1.165, 1.54) is 19.4 Å². The van der Waals surface area contributed by atoms with Gasteiger partial charge in [0.15, 0.2) is 0 Å². The van der Waals surface area contributed by atoms with Gasteiger partial charge in [0, 0.05) is 30.8 Å².